The second-order valence-electron chi connectivity index (χ2n) is 4.20. The van der Waals surface area contributed by atoms with Gasteiger partial charge in [-0.05, 0) is 24.6 Å². The number of aliphatic hydroxyl groups is 1. The Bertz CT molecular complexity index is 598. The molecule has 1 aromatic carbocycles. The van der Waals surface area contributed by atoms with Gasteiger partial charge in [-0.3, -0.25) is 15.1 Å². The van der Waals surface area contributed by atoms with E-state index in [0.717, 1.165) is 0 Å². The molecule has 0 saturated heterocycles. The van der Waals surface area contributed by atoms with Gasteiger partial charge in [0.15, 0.2) is 0 Å². The third kappa shape index (κ3) is 3.30. The molecular weight excluding hydrogens is 260 g/mol. The molecule has 2 aromatic rings. The molecule has 1 aromatic heterocycles. The number of aromatic nitrogens is 1. The number of nitro groups is 1. The summed E-state index contributed by atoms with van der Waals surface area (Å²) in [6, 6.07) is 9.25. The molecule has 0 aliphatic rings. The van der Waals surface area contributed by atoms with Gasteiger partial charge < -0.3 is 9.84 Å². The zero-order valence-corrected chi connectivity index (χ0v) is 10.9. The van der Waals surface area contributed by atoms with Gasteiger partial charge in [-0.1, -0.05) is 13.0 Å². The van der Waals surface area contributed by atoms with Crippen LogP contribution in [0.1, 0.15) is 25.1 Å². The lowest BCUT2D eigenvalue weighted by Gasteiger charge is -2.08. The lowest BCUT2D eigenvalue weighted by molar-refractivity contribution is -0.384. The van der Waals surface area contributed by atoms with Crippen molar-refractivity contribution in [3.05, 3.63) is 58.4 Å². The molecule has 0 aliphatic carbocycles. The van der Waals surface area contributed by atoms with Crippen molar-refractivity contribution >= 4 is 5.69 Å². The molecule has 6 heteroatoms. The Balaban J connectivity index is 2.14. The third-order valence-electron chi connectivity index (χ3n) is 2.75. The summed E-state index contributed by atoms with van der Waals surface area (Å²) >= 11 is 0. The van der Waals surface area contributed by atoms with Crippen molar-refractivity contribution in [2.75, 3.05) is 0 Å². The quantitative estimate of drug-likeness (QED) is 0.668. The number of nitrogens with zero attached hydrogens (tertiary/aromatic N) is 2. The highest BCUT2D eigenvalue weighted by Crippen LogP contribution is 2.25. The van der Waals surface area contributed by atoms with E-state index in [4.69, 9.17) is 4.74 Å². The molecule has 1 heterocycles. The SMILES string of the molecule is CC[C@H](O)c1ccc(Oc2cccc([N+](=O)[O-])c2)cn1. The fourth-order valence-electron chi connectivity index (χ4n) is 1.66. The van der Waals surface area contributed by atoms with Crippen molar-refractivity contribution in [3.8, 4) is 11.5 Å². The van der Waals surface area contributed by atoms with Crippen LogP contribution >= 0.6 is 0 Å². The van der Waals surface area contributed by atoms with Crippen molar-refractivity contribution < 1.29 is 14.8 Å². The van der Waals surface area contributed by atoms with E-state index in [1.807, 2.05) is 6.92 Å². The normalized spacial score (nSPS) is 11.9. The van der Waals surface area contributed by atoms with Crippen LogP contribution in [0.15, 0.2) is 42.6 Å². The summed E-state index contributed by atoms with van der Waals surface area (Å²) in [5.41, 5.74) is 0.535. The summed E-state index contributed by atoms with van der Waals surface area (Å²) in [5, 5.41) is 20.3. The summed E-state index contributed by atoms with van der Waals surface area (Å²) in [4.78, 5) is 14.3. The summed E-state index contributed by atoms with van der Waals surface area (Å²) in [7, 11) is 0. The van der Waals surface area contributed by atoms with Gasteiger partial charge >= 0.3 is 0 Å². The van der Waals surface area contributed by atoms with Gasteiger partial charge in [0, 0.05) is 6.07 Å². The van der Waals surface area contributed by atoms with Crippen LogP contribution in [0.5, 0.6) is 11.5 Å². The Morgan fingerprint density at radius 2 is 2.15 bits per heavy atom. The molecule has 20 heavy (non-hydrogen) atoms. The van der Waals surface area contributed by atoms with Crippen LogP contribution in [0.4, 0.5) is 5.69 Å². The van der Waals surface area contributed by atoms with Crippen LogP contribution in [0.25, 0.3) is 0 Å². The average Bonchev–Trinajstić information content (AvgIpc) is 2.47. The molecule has 104 valence electrons. The van der Waals surface area contributed by atoms with E-state index in [9.17, 15) is 15.2 Å². The Labute approximate surface area is 115 Å². The van der Waals surface area contributed by atoms with E-state index in [1.165, 1.54) is 18.3 Å². The van der Waals surface area contributed by atoms with E-state index in [1.54, 1.807) is 24.3 Å². The molecule has 0 radical (unpaired) electrons. The van der Waals surface area contributed by atoms with Gasteiger partial charge in [-0.25, -0.2) is 0 Å². The van der Waals surface area contributed by atoms with Crippen LogP contribution in [0.2, 0.25) is 0 Å². The number of ether oxygens (including phenoxy) is 1. The van der Waals surface area contributed by atoms with Gasteiger partial charge in [0.25, 0.3) is 5.69 Å². The Morgan fingerprint density at radius 1 is 1.35 bits per heavy atom. The number of rotatable bonds is 5. The van der Waals surface area contributed by atoms with Crippen molar-refractivity contribution in [3.63, 3.8) is 0 Å². The number of hydrogen-bond donors (Lipinski definition) is 1. The summed E-state index contributed by atoms with van der Waals surface area (Å²) in [6.45, 7) is 1.86. The van der Waals surface area contributed by atoms with E-state index in [-0.39, 0.29) is 5.69 Å². The van der Waals surface area contributed by atoms with Crippen LogP contribution < -0.4 is 4.74 Å². The van der Waals surface area contributed by atoms with Crippen molar-refractivity contribution in [1.82, 2.24) is 4.98 Å². The van der Waals surface area contributed by atoms with Crippen molar-refractivity contribution in [2.45, 2.75) is 19.4 Å². The third-order valence-corrected chi connectivity index (χ3v) is 2.75. The second-order valence-corrected chi connectivity index (χ2v) is 4.20. The first-order chi connectivity index (χ1) is 9.60. The second kappa shape index (κ2) is 6.12. The first-order valence-electron chi connectivity index (χ1n) is 6.16. The largest absolute Gasteiger partial charge is 0.455 e. The van der Waals surface area contributed by atoms with Gasteiger partial charge in [-0.15, -0.1) is 0 Å². The van der Waals surface area contributed by atoms with Crippen molar-refractivity contribution in [2.24, 2.45) is 0 Å². The smallest absolute Gasteiger partial charge is 0.273 e. The molecule has 1 N–H and O–H groups in total. The molecule has 6 nitrogen and oxygen atoms in total. The summed E-state index contributed by atoms with van der Waals surface area (Å²) < 4.78 is 5.49. The lowest BCUT2D eigenvalue weighted by atomic mass is 10.2. The van der Waals surface area contributed by atoms with E-state index in [0.29, 0.717) is 23.6 Å². The summed E-state index contributed by atoms with van der Waals surface area (Å²) in [6.07, 6.45) is 1.47. The molecule has 0 aliphatic heterocycles. The first-order valence-corrected chi connectivity index (χ1v) is 6.16. The fraction of sp³-hybridized carbons (Fsp3) is 0.214. The van der Waals surface area contributed by atoms with E-state index in [2.05, 4.69) is 4.98 Å². The fourth-order valence-corrected chi connectivity index (χ4v) is 1.66. The van der Waals surface area contributed by atoms with Gasteiger partial charge in [0.05, 0.1) is 29.0 Å². The maximum atomic E-state index is 10.7. The molecule has 0 fully saturated rings. The standard InChI is InChI=1S/C14H14N2O4/c1-2-14(17)13-7-6-12(9-15-13)20-11-5-3-4-10(8-11)16(18)19/h3-9,14,17H,2H2,1H3/t14-/m0/s1. The zero-order valence-electron chi connectivity index (χ0n) is 10.9. The highest BCUT2D eigenvalue weighted by atomic mass is 16.6. The van der Waals surface area contributed by atoms with Crippen LogP contribution in [-0.2, 0) is 0 Å². The van der Waals surface area contributed by atoms with Crippen molar-refractivity contribution in [1.29, 1.82) is 0 Å². The predicted molar refractivity (Wildman–Crippen MR) is 72.7 cm³/mol. The molecule has 0 unspecified atom stereocenters. The topological polar surface area (TPSA) is 85.5 Å². The molecular formula is C14H14N2O4. The number of non-ortho nitro benzene ring substituents is 1. The first kappa shape index (κ1) is 14.0. The van der Waals surface area contributed by atoms with Gasteiger partial charge in [0.1, 0.15) is 11.5 Å². The van der Waals surface area contributed by atoms with Crippen LogP contribution in [-0.4, -0.2) is 15.0 Å². The van der Waals surface area contributed by atoms with Gasteiger partial charge in [-0.2, -0.15) is 0 Å². The monoisotopic (exact) mass is 274 g/mol. The van der Waals surface area contributed by atoms with Crippen LogP contribution in [0.3, 0.4) is 0 Å². The highest BCUT2D eigenvalue weighted by molar-refractivity contribution is 5.40. The zero-order chi connectivity index (χ0) is 14.5. The minimum absolute atomic E-state index is 0.0338. The Hall–Kier alpha value is -2.47. The minimum atomic E-state index is -0.595. The predicted octanol–water partition coefficient (Wildman–Crippen LogP) is 3.23. The van der Waals surface area contributed by atoms with Crippen LogP contribution in [0, 0.1) is 10.1 Å². The average molecular weight is 274 g/mol. The Morgan fingerprint density at radius 3 is 2.75 bits per heavy atom. The molecule has 0 spiro atoms. The minimum Gasteiger partial charge on any atom is -0.455 e. The van der Waals surface area contributed by atoms with E-state index < -0.39 is 11.0 Å². The number of benzene rings is 1. The number of nitro benzene ring substituents is 1. The maximum Gasteiger partial charge on any atom is 0.273 e. The number of hydrogen-bond acceptors (Lipinski definition) is 5. The highest BCUT2D eigenvalue weighted by Gasteiger charge is 2.09. The molecule has 0 saturated carbocycles. The molecule has 1 atom stereocenters. The maximum absolute atomic E-state index is 10.7. The Kier molecular flexibility index (Phi) is 4.27. The van der Waals surface area contributed by atoms with E-state index >= 15 is 0 Å². The molecule has 2 rings (SSSR count). The lowest BCUT2D eigenvalue weighted by Crippen LogP contribution is -1.98. The number of aliphatic hydroxyl groups excluding tert-OH is 1. The molecule has 0 bridgehead atoms. The van der Waals surface area contributed by atoms with Gasteiger partial charge in [0.2, 0.25) is 0 Å². The molecule has 0 amide bonds. The summed E-state index contributed by atoms with van der Waals surface area (Å²) in [5.74, 6) is 0.822. The number of pyridine rings is 1.